The van der Waals surface area contributed by atoms with Gasteiger partial charge in [-0.2, -0.15) is 0 Å². The summed E-state index contributed by atoms with van der Waals surface area (Å²) in [6.45, 7) is 6.21. The molecule has 374 valence electrons. The monoisotopic (exact) mass is 923 g/mol. The Hall–Kier alpha value is -4.71. The smallest absolute Gasteiger partial charge is 0.306 e. The predicted molar refractivity (Wildman–Crippen MR) is 288 cm³/mol. The van der Waals surface area contributed by atoms with Crippen molar-refractivity contribution in [1.82, 2.24) is 0 Å². The molecule has 1 atom stereocenters. The van der Waals surface area contributed by atoms with E-state index in [1.807, 2.05) is 12.2 Å². The molecule has 0 saturated carbocycles. The molecular formula is C61H94O6. The highest BCUT2D eigenvalue weighted by Gasteiger charge is 2.19. The number of allylic oxidation sites excluding steroid dienone is 24. The molecule has 0 aliphatic carbocycles. The Kier molecular flexibility index (Phi) is 50.1. The molecule has 0 radical (unpaired) electrons. The molecule has 0 rings (SSSR count). The van der Waals surface area contributed by atoms with E-state index in [2.05, 4.69) is 154 Å². The van der Waals surface area contributed by atoms with Crippen LogP contribution in [0.5, 0.6) is 0 Å². The summed E-state index contributed by atoms with van der Waals surface area (Å²) in [7, 11) is 0. The quantitative estimate of drug-likeness (QED) is 0.0262. The van der Waals surface area contributed by atoms with Crippen LogP contribution in [0, 0.1) is 0 Å². The van der Waals surface area contributed by atoms with Gasteiger partial charge in [0.2, 0.25) is 0 Å². The number of ether oxygens (including phenoxy) is 3. The van der Waals surface area contributed by atoms with Crippen molar-refractivity contribution in [3.8, 4) is 0 Å². The van der Waals surface area contributed by atoms with Gasteiger partial charge in [0.1, 0.15) is 13.2 Å². The number of carbonyl (C=O) groups excluding carboxylic acids is 3. The second kappa shape index (κ2) is 53.9. The normalized spacial score (nSPS) is 13.3. The number of carbonyl (C=O) groups is 3. The van der Waals surface area contributed by atoms with Crippen LogP contribution in [0.3, 0.4) is 0 Å². The summed E-state index contributed by atoms with van der Waals surface area (Å²) in [5, 5.41) is 0. The van der Waals surface area contributed by atoms with Gasteiger partial charge in [-0.1, -0.05) is 218 Å². The molecule has 67 heavy (non-hydrogen) atoms. The van der Waals surface area contributed by atoms with E-state index in [4.69, 9.17) is 14.2 Å². The lowest BCUT2D eigenvalue weighted by Crippen LogP contribution is -2.30. The Morgan fingerprint density at radius 3 is 0.970 bits per heavy atom. The van der Waals surface area contributed by atoms with Gasteiger partial charge in [0.15, 0.2) is 6.10 Å². The molecule has 6 nitrogen and oxygen atoms in total. The first-order chi connectivity index (χ1) is 33.0. The summed E-state index contributed by atoms with van der Waals surface area (Å²) in [6, 6.07) is 0. The number of hydrogen-bond acceptors (Lipinski definition) is 6. The van der Waals surface area contributed by atoms with Gasteiger partial charge in [-0.05, 0) is 109 Å². The van der Waals surface area contributed by atoms with E-state index in [9.17, 15) is 14.4 Å². The van der Waals surface area contributed by atoms with Gasteiger partial charge in [0.05, 0.1) is 0 Å². The molecule has 0 spiro atoms. The van der Waals surface area contributed by atoms with Crippen LogP contribution in [0.1, 0.15) is 201 Å². The van der Waals surface area contributed by atoms with Gasteiger partial charge in [-0.15, -0.1) is 0 Å². The summed E-state index contributed by atoms with van der Waals surface area (Å²) in [4.78, 5) is 37.6. The standard InChI is InChI=1S/C61H94O6/c1-4-7-10-13-15-17-19-21-22-23-24-25-26-27-28-29-30-31-32-33-34-35-36-37-38-40-41-43-45-48-51-54-60(63)66-57-58(56-65-59(62)53-50-47-12-9-6-3)67-61(64)55-52-49-46-44-42-39-20-18-16-14-11-8-5-2/h7-8,10-11,15-18,21-22,24-25,27-28,30-31,33-34,36-37,39,42,46,49,58H,4-6,9,12-14,19-20,23,26,29,32,35,38,40-41,43-45,47-48,50-57H2,1-3H3/b10-7-,11-8-,17-15-,18-16-,22-21-,25-24-,28-27-,31-30-,34-33-,37-36-,42-39-,49-46-. The molecule has 6 heteroatoms. The summed E-state index contributed by atoms with van der Waals surface area (Å²) < 4.78 is 16.5. The molecule has 0 aromatic rings. The zero-order valence-corrected chi connectivity index (χ0v) is 42.6. The maximum absolute atomic E-state index is 12.7. The highest BCUT2D eigenvalue weighted by Crippen LogP contribution is 2.12. The van der Waals surface area contributed by atoms with E-state index in [0.29, 0.717) is 19.3 Å². The number of rotatable bonds is 45. The van der Waals surface area contributed by atoms with Crippen molar-refractivity contribution in [2.24, 2.45) is 0 Å². The van der Waals surface area contributed by atoms with Crippen molar-refractivity contribution < 1.29 is 28.6 Å². The van der Waals surface area contributed by atoms with E-state index in [1.165, 1.54) is 12.8 Å². The maximum Gasteiger partial charge on any atom is 0.306 e. The molecule has 0 aliphatic rings. The van der Waals surface area contributed by atoms with Crippen molar-refractivity contribution in [3.63, 3.8) is 0 Å². The number of unbranched alkanes of at least 4 members (excludes halogenated alkanes) is 10. The Morgan fingerprint density at radius 1 is 0.313 bits per heavy atom. The van der Waals surface area contributed by atoms with Crippen molar-refractivity contribution in [2.75, 3.05) is 13.2 Å². The number of hydrogen-bond donors (Lipinski definition) is 0. The lowest BCUT2D eigenvalue weighted by molar-refractivity contribution is -0.166. The minimum atomic E-state index is -0.823. The van der Waals surface area contributed by atoms with Crippen LogP contribution in [-0.4, -0.2) is 37.2 Å². The molecule has 1 unspecified atom stereocenters. The van der Waals surface area contributed by atoms with E-state index in [-0.39, 0.29) is 31.6 Å². The van der Waals surface area contributed by atoms with E-state index in [0.717, 1.165) is 141 Å². The van der Waals surface area contributed by atoms with Crippen LogP contribution in [0.4, 0.5) is 0 Å². The molecule has 0 aromatic carbocycles. The molecule has 0 bridgehead atoms. The zero-order valence-electron chi connectivity index (χ0n) is 42.6. The van der Waals surface area contributed by atoms with Crippen LogP contribution in [0.15, 0.2) is 146 Å². The lowest BCUT2D eigenvalue weighted by atomic mass is 10.1. The first-order valence-electron chi connectivity index (χ1n) is 26.3. The summed E-state index contributed by atoms with van der Waals surface area (Å²) in [5.41, 5.74) is 0. The van der Waals surface area contributed by atoms with Gasteiger partial charge in [0, 0.05) is 19.3 Å². The zero-order chi connectivity index (χ0) is 48.6. The molecule has 0 aliphatic heterocycles. The fourth-order valence-corrected chi connectivity index (χ4v) is 6.47. The summed E-state index contributed by atoms with van der Waals surface area (Å²) in [5.74, 6) is -1.04. The molecule has 0 amide bonds. The molecule has 0 aromatic heterocycles. The highest BCUT2D eigenvalue weighted by molar-refractivity contribution is 5.71. The van der Waals surface area contributed by atoms with Gasteiger partial charge in [-0.25, -0.2) is 0 Å². The second-order valence-corrected chi connectivity index (χ2v) is 16.7. The Bertz CT molecular complexity index is 1530. The Labute approximate surface area is 410 Å². The van der Waals surface area contributed by atoms with Gasteiger partial charge in [0.25, 0.3) is 0 Å². The first kappa shape index (κ1) is 62.3. The predicted octanol–water partition coefficient (Wildman–Crippen LogP) is 17.6. The van der Waals surface area contributed by atoms with Crippen molar-refractivity contribution >= 4 is 17.9 Å². The van der Waals surface area contributed by atoms with Gasteiger partial charge >= 0.3 is 17.9 Å². The Balaban J connectivity index is 4.19. The van der Waals surface area contributed by atoms with E-state index < -0.39 is 12.1 Å². The van der Waals surface area contributed by atoms with E-state index in [1.54, 1.807) is 0 Å². The fraction of sp³-hybridized carbons (Fsp3) is 0.557. The third-order valence-corrected chi connectivity index (χ3v) is 10.4. The van der Waals surface area contributed by atoms with Crippen molar-refractivity contribution in [3.05, 3.63) is 146 Å². The van der Waals surface area contributed by atoms with Crippen molar-refractivity contribution in [1.29, 1.82) is 0 Å². The second-order valence-electron chi connectivity index (χ2n) is 16.7. The molecule has 0 saturated heterocycles. The Morgan fingerprint density at radius 2 is 0.612 bits per heavy atom. The summed E-state index contributed by atoms with van der Waals surface area (Å²) >= 11 is 0. The van der Waals surface area contributed by atoms with E-state index >= 15 is 0 Å². The maximum atomic E-state index is 12.7. The average molecular weight is 923 g/mol. The topological polar surface area (TPSA) is 78.9 Å². The lowest BCUT2D eigenvalue weighted by Gasteiger charge is -2.18. The fourth-order valence-electron chi connectivity index (χ4n) is 6.47. The SMILES string of the molecule is CC/C=C\C/C=C\C/C=C\C/C=C\C/C=C\C/C=C\C/C=C\C/C=C\CCCCCCCCC(=O)OCC(COC(=O)CCCCCCC)OC(=O)CC/C=C\C/C=C\C/C=C\C/C=C\CC. The number of esters is 3. The van der Waals surface area contributed by atoms with Gasteiger partial charge in [-0.3, -0.25) is 14.4 Å². The molecule has 0 N–H and O–H groups in total. The minimum Gasteiger partial charge on any atom is -0.462 e. The first-order valence-corrected chi connectivity index (χ1v) is 26.3. The molecule has 0 heterocycles. The largest absolute Gasteiger partial charge is 0.462 e. The third kappa shape index (κ3) is 52.1. The molecule has 0 fully saturated rings. The van der Waals surface area contributed by atoms with Crippen LogP contribution in [0.2, 0.25) is 0 Å². The van der Waals surface area contributed by atoms with Crippen LogP contribution >= 0.6 is 0 Å². The molecular weight excluding hydrogens is 829 g/mol. The van der Waals surface area contributed by atoms with Gasteiger partial charge < -0.3 is 14.2 Å². The summed E-state index contributed by atoms with van der Waals surface area (Å²) in [6.07, 6.45) is 77.5. The third-order valence-electron chi connectivity index (χ3n) is 10.4. The minimum absolute atomic E-state index is 0.117. The van der Waals surface area contributed by atoms with Crippen LogP contribution < -0.4 is 0 Å². The van der Waals surface area contributed by atoms with Crippen LogP contribution in [0.25, 0.3) is 0 Å². The highest BCUT2D eigenvalue weighted by atomic mass is 16.6. The van der Waals surface area contributed by atoms with Crippen LogP contribution in [-0.2, 0) is 28.6 Å². The average Bonchev–Trinajstić information content (AvgIpc) is 3.33. The van der Waals surface area contributed by atoms with Crippen molar-refractivity contribution in [2.45, 2.75) is 207 Å².